The lowest BCUT2D eigenvalue weighted by Crippen LogP contribution is -2.30. The van der Waals surface area contributed by atoms with Crippen molar-refractivity contribution >= 4 is 17.5 Å². The Morgan fingerprint density at radius 2 is 1.40 bits per heavy atom. The van der Waals surface area contributed by atoms with Gasteiger partial charge in [-0.05, 0) is 12.1 Å². The average Bonchev–Trinajstić information content (AvgIpc) is 2.67. The van der Waals surface area contributed by atoms with Gasteiger partial charge in [0, 0.05) is 12.1 Å². The van der Waals surface area contributed by atoms with Gasteiger partial charge in [0.05, 0.1) is 16.8 Å². The summed E-state index contributed by atoms with van der Waals surface area (Å²) >= 11 is 0. The first-order valence-corrected chi connectivity index (χ1v) is 5.63. The van der Waals surface area contributed by atoms with Crippen molar-refractivity contribution in [1.29, 1.82) is 0 Å². The van der Waals surface area contributed by atoms with E-state index in [1.807, 2.05) is 0 Å². The monoisotopic (exact) mass is 277 g/mol. The van der Waals surface area contributed by atoms with Crippen LogP contribution >= 0.6 is 0 Å². The molecule has 1 aliphatic rings. The molecule has 0 radical (unpaired) electrons. The van der Waals surface area contributed by atoms with E-state index in [2.05, 4.69) is 0 Å². The van der Waals surface area contributed by atoms with Crippen LogP contribution in [0.3, 0.4) is 0 Å². The molecule has 0 N–H and O–H groups in total. The molecule has 0 spiro atoms. The predicted octanol–water partition coefficient (Wildman–Crippen LogP) is 2.90. The number of fused-ring (bicyclic) bond motifs is 1. The van der Waals surface area contributed by atoms with E-state index in [1.54, 1.807) is 0 Å². The van der Waals surface area contributed by atoms with Crippen molar-refractivity contribution in [3.8, 4) is 0 Å². The third-order valence-corrected chi connectivity index (χ3v) is 3.01. The second kappa shape index (κ2) is 4.19. The molecule has 0 bridgehead atoms. The van der Waals surface area contributed by atoms with E-state index in [1.165, 1.54) is 24.3 Å². The highest BCUT2D eigenvalue weighted by molar-refractivity contribution is 6.34. The summed E-state index contributed by atoms with van der Waals surface area (Å²) in [6.07, 6.45) is 0. The first-order valence-electron chi connectivity index (χ1n) is 5.63. The molecule has 1 aliphatic heterocycles. The molecule has 2 aromatic rings. The van der Waals surface area contributed by atoms with Gasteiger partial charge in [0.25, 0.3) is 11.8 Å². The van der Waals surface area contributed by atoms with Gasteiger partial charge < -0.3 is 0 Å². The van der Waals surface area contributed by atoms with Gasteiger partial charge in [0.2, 0.25) is 0 Å². The SMILES string of the molecule is O=C1c2ccccc2C(=O)N1c1cc(F)cc(F)c1F. The molecule has 0 saturated carbocycles. The molecule has 100 valence electrons. The molecule has 2 aromatic carbocycles. The van der Waals surface area contributed by atoms with Crippen molar-refractivity contribution in [3.05, 3.63) is 65.0 Å². The number of halogens is 3. The second-order valence-corrected chi connectivity index (χ2v) is 4.21. The zero-order valence-corrected chi connectivity index (χ0v) is 9.86. The van der Waals surface area contributed by atoms with Crippen LogP contribution in [0.15, 0.2) is 36.4 Å². The van der Waals surface area contributed by atoms with Crippen molar-refractivity contribution in [3.63, 3.8) is 0 Å². The van der Waals surface area contributed by atoms with Crippen molar-refractivity contribution in [1.82, 2.24) is 0 Å². The van der Waals surface area contributed by atoms with E-state index in [4.69, 9.17) is 0 Å². The Kier molecular flexibility index (Phi) is 2.60. The quantitative estimate of drug-likeness (QED) is 0.593. The fraction of sp³-hybridized carbons (Fsp3) is 0. The minimum atomic E-state index is -1.46. The van der Waals surface area contributed by atoms with Crippen LogP contribution in [0.5, 0.6) is 0 Å². The largest absolute Gasteiger partial charge is 0.268 e. The van der Waals surface area contributed by atoms with Gasteiger partial charge in [-0.2, -0.15) is 0 Å². The minimum absolute atomic E-state index is 0.0709. The number of rotatable bonds is 1. The van der Waals surface area contributed by atoms with Crippen LogP contribution in [-0.4, -0.2) is 11.8 Å². The molecule has 3 rings (SSSR count). The summed E-state index contributed by atoms with van der Waals surface area (Å²) in [7, 11) is 0. The molecule has 0 aliphatic carbocycles. The standard InChI is InChI=1S/C14H6F3NO2/c15-7-5-10(16)12(17)11(6-7)18-13(19)8-3-1-2-4-9(8)14(18)20/h1-6H. The number of carbonyl (C=O) groups is 2. The number of amides is 2. The Morgan fingerprint density at radius 3 is 1.95 bits per heavy atom. The zero-order chi connectivity index (χ0) is 14.4. The zero-order valence-electron chi connectivity index (χ0n) is 9.86. The van der Waals surface area contributed by atoms with Gasteiger partial charge in [0.15, 0.2) is 11.6 Å². The lowest BCUT2D eigenvalue weighted by Gasteiger charge is -2.15. The first kappa shape index (κ1) is 12.4. The summed E-state index contributed by atoms with van der Waals surface area (Å²) in [5.74, 6) is -5.60. The number of hydrogen-bond acceptors (Lipinski definition) is 2. The molecule has 0 atom stereocenters. The number of carbonyl (C=O) groups excluding carboxylic acids is 2. The highest BCUT2D eigenvalue weighted by atomic mass is 19.2. The van der Waals surface area contributed by atoms with Crippen molar-refractivity contribution in [2.24, 2.45) is 0 Å². The summed E-state index contributed by atoms with van der Waals surface area (Å²) in [6, 6.07) is 6.81. The maximum Gasteiger partial charge on any atom is 0.266 e. The van der Waals surface area contributed by atoms with Crippen molar-refractivity contribution < 1.29 is 22.8 Å². The Morgan fingerprint density at radius 1 is 0.850 bits per heavy atom. The smallest absolute Gasteiger partial charge is 0.266 e. The van der Waals surface area contributed by atoms with Gasteiger partial charge in [-0.3, -0.25) is 9.59 Å². The van der Waals surface area contributed by atoms with Gasteiger partial charge in [-0.25, -0.2) is 18.1 Å². The van der Waals surface area contributed by atoms with Crippen LogP contribution < -0.4 is 4.90 Å². The number of benzene rings is 2. The molecule has 6 heteroatoms. The highest BCUT2D eigenvalue weighted by Crippen LogP contribution is 2.31. The van der Waals surface area contributed by atoms with Crippen LogP contribution in [-0.2, 0) is 0 Å². The third kappa shape index (κ3) is 1.61. The minimum Gasteiger partial charge on any atom is -0.268 e. The maximum atomic E-state index is 13.7. The Labute approximate surface area is 111 Å². The Balaban J connectivity index is 2.19. The normalized spacial score (nSPS) is 13.8. The first-order chi connectivity index (χ1) is 9.50. The van der Waals surface area contributed by atoms with Crippen molar-refractivity contribution in [2.45, 2.75) is 0 Å². The number of anilines is 1. The van der Waals surface area contributed by atoms with E-state index < -0.39 is 35.0 Å². The number of hydrogen-bond donors (Lipinski definition) is 0. The molecule has 0 fully saturated rings. The lowest BCUT2D eigenvalue weighted by atomic mass is 10.1. The summed E-state index contributed by atoms with van der Waals surface area (Å²) < 4.78 is 40.1. The van der Waals surface area contributed by atoms with E-state index in [0.717, 1.165) is 0 Å². The predicted molar refractivity (Wildman–Crippen MR) is 63.9 cm³/mol. The van der Waals surface area contributed by atoms with Crippen LogP contribution in [0, 0.1) is 17.5 Å². The van der Waals surface area contributed by atoms with Crippen LogP contribution in [0.25, 0.3) is 0 Å². The summed E-state index contributed by atoms with van der Waals surface area (Å²) in [5.41, 5.74) is -0.586. The molecule has 0 unspecified atom stereocenters. The highest BCUT2D eigenvalue weighted by Gasteiger charge is 2.38. The molecule has 0 saturated heterocycles. The van der Waals surface area contributed by atoms with Crippen LogP contribution in [0.1, 0.15) is 20.7 Å². The van der Waals surface area contributed by atoms with Gasteiger partial charge in [0.1, 0.15) is 5.82 Å². The van der Waals surface area contributed by atoms with E-state index in [9.17, 15) is 22.8 Å². The van der Waals surface area contributed by atoms with Crippen LogP contribution in [0.4, 0.5) is 18.9 Å². The van der Waals surface area contributed by atoms with Gasteiger partial charge in [-0.15, -0.1) is 0 Å². The fourth-order valence-corrected chi connectivity index (χ4v) is 2.11. The summed E-state index contributed by atoms with van der Waals surface area (Å²) in [6.45, 7) is 0. The van der Waals surface area contributed by atoms with Gasteiger partial charge >= 0.3 is 0 Å². The van der Waals surface area contributed by atoms with Crippen molar-refractivity contribution in [2.75, 3.05) is 4.90 Å². The van der Waals surface area contributed by atoms with E-state index >= 15 is 0 Å². The molecular weight excluding hydrogens is 271 g/mol. The fourth-order valence-electron chi connectivity index (χ4n) is 2.11. The molecule has 3 nitrogen and oxygen atoms in total. The van der Waals surface area contributed by atoms with E-state index in [-0.39, 0.29) is 11.1 Å². The van der Waals surface area contributed by atoms with Gasteiger partial charge in [-0.1, -0.05) is 12.1 Å². The summed E-state index contributed by atoms with van der Waals surface area (Å²) in [4.78, 5) is 24.6. The molecular formula is C14H6F3NO2. The third-order valence-electron chi connectivity index (χ3n) is 3.01. The second-order valence-electron chi connectivity index (χ2n) is 4.21. The number of imide groups is 1. The summed E-state index contributed by atoms with van der Waals surface area (Å²) in [5, 5.41) is 0. The maximum absolute atomic E-state index is 13.7. The van der Waals surface area contributed by atoms with Crippen LogP contribution in [0.2, 0.25) is 0 Å². The topological polar surface area (TPSA) is 37.4 Å². The number of nitrogens with zero attached hydrogens (tertiary/aromatic N) is 1. The lowest BCUT2D eigenvalue weighted by molar-refractivity contribution is 0.0924. The molecule has 0 aromatic heterocycles. The molecule has 20 heavy (non-hydrogen) atoms. The average molecular weight is 277 g/mol. The Hall–Kier alpha value is -2.63. The molecule has 1 heterocycles. The van der Waals surface area contributed by atoms with E-state index in [0.29, 0.717) is 17.0 Å². The Bertz CT molecular complexity index is 723. The molecule has 2 amide bonds.